The lowest BCUT2D eigenvalue weighted by Gasteiger charge is -2.18. The lowest BCUT2D eigenvalue weighted by atomic mass is 10.1. The van der Waals surface area contributed by atoms with Crippen LogP contribution in [0.5, 0.6) is 5.75 Å². The number of carbonyl (C=O) groups excluding carboxylic acids is 1. The lowest BCUT2D eigenvalue weighted by Crippen LogP contribution is -2.31. The summed E-state index contributed by atoms with van der Waals surface area (Å²) in [7, 11) is 1.72. The van der Waals surface area contributed by atoms with Gasteiger partial charge >= 0.3 is 0 Å². The van der Waals surface area contributed by atoms with Crippen molar-refractivity contribution < 1.29 is 9.53 Å². The van der Waals surface area contributed by atoms with Crippen LogP contribution >= 0.6 is 12.2 Å². The Morgan fingerprint density at radius 2 is 1.93 bits per heavy atom. The molecule has 1 heterocycles. The first-order chi connectivity index (χ1) is 14.3. The number of likely N-dealkylation sites (N-methyl/N-ethyl adjacent to an activating group) is 1. The molecule has 30 heavy (non-hydrogen) atoms. The maximum absolute atomic E-state index is 12.8. The first-order valence-corrected chi connectivity index (χ1v) is 10.1. The number of allylic oxidation sites excluding steroid dienone is 1. The number of aromatic nitrogens is 2. The number of hydrogen-bond acceptors (Lipinski definition) is 4. The van der Waals surface area contributed by atoms with E-state index >= 15 is 0 Å². The maximum Gasteiger partial charge on any atom is 0.262 e. The molecule has 0 spiro atoms. The number of H-pyrrole nitrogens is 1. The Kier molecular flexibility index (Phi) is 6.52. The summed E-state index contributed by atoms with van der Waals surface area (Å²) in [5.41, 5.74) is 3.08. The van der Waals surface area contributed by atoms with Gasteiger partial charge in [-0.05, 0) is 67.5 Å². The number of amides is 1. The number of nitrogens with zero attached hydrogens (tertiary/aromatic N) is 2. The van der Waals surface area contributed by atoms with E-state index in [9.17, 15) is 9.59 Å². The molecule has 0 aliphatic heterocycles. The monoisotopic (exact) mass is 423 g/mol. The molecule has 0 atom stereocenters. The Morgan fingerprint density at radius 1 is 1.23 bits per heavy atom. The summed E-state index contributed by atoms with van der Waals surface area (Å²) in [4.78, 5) is 30.0. The predicted molar refractivity (Wildman–Crippen MR) is 122 cm³/mol. The van der Waals surface area contributed by atoms with E-state index in [-0.39, 0.29) is 11.5 Å². The molecule has 1 N–H and O–H groups in total. The molecule has 0 saturated heterocycles. The molecule has 0 saturated carbocycles. The molecule has 0 bridgehead atoms. The molecule has 0 aliphatic rings. The zero-order valence-electron chi connectivity index (χ0n) is 17.4. The Balaban J connectivity index is 1.73. The Labute approximate surface area is 180 Å². The number of carbonyl (C=O) groups is 1. The highest BCUT2D eigenvalue weighted by Crippen LogP contribution is 2.16. The Morgan fingerprint density at radius 3 is 2.60 bits per heavy atom. The van der Waals surface area contributed by atoms with Gasteiger partial charge in [-0.2, -0.15) is 0 Å². The second-order valence-electron chi connectivity index (χ2n) is 7.29. The van der Waals surface area contributed by atoms with Gasteiger partial charge in [-0.1, -0.05) is 12.1 Å². The summed E-state index contributed by atoms with van der Waals surface area (Å²) in [6.07, 6.45) is 1.61. The first-order valence-electron chi connectivity index (χ1n) is 9.64. The predicted octanol–water partition coefficient (Wildman–Crippen LogP) is 4.01. The van der Waals surface area contributed by atoms with Crippen LogP contribution in [0.25, 0.3) is 10.9 Å². The molecule has 1 aromatic heterocycles. The van der Waals surface area contributed by atoms with Crippen molar-refractivity contribution in [2.75, 3.05) is 20.2 Å². The fourth-order valence-electron chi connectivity index (χ4n) is 3.32. The number of rotatable bonds is 7. The van der Waals surface area contributed by atoms with Crippen molar-refractivity contribution >= 4 is 29.0 Å². The van der Waals surface area contributed by atoms with E-state index < -0.39 is 0 Å². The maximum atomic E-state index is 12.8. The van der Waals surface area contributed by atoms with Gasteiger partial charge < -0.3 is 14.6 Å². The van der Waals surface area contributed by atoms with Gasteiger partial charge in [0.1, 0.15) is 12.4 Å². The van der Waals surface area contributed by atoms with Gasteiger partial charge in [-0.15, -0.1) is 6.58 Å². The molecule has 0 fully saturated rings. The number of nitrogens with one attached hydrogen (secondary N) is 1. The van der Waals surface area contributed by atoms with Gasteiger partial charge in [-0.3, -0.25) is 14.2 Å². The van der Waals surface area contributed by atoms with E-state index in [2.05, 4.69) is 17.6 Å². The SMILES string of the molecule is C=CCn1c(=S)[nH]c2cc(C(=O)N(C)CCOc3cc(C)cc(C)c3)ccc2c1=O. The standard InChI is InChI=1S/C23H25N3O3S/c1-5-8-26-22(28)19-7-6-17(14-20(19)24-23(26)30)21(27)25(4)9-10-29-18-12-15(2)11-16(3)13-18/h5-7,11-14H,1,8-10H2,2-4H3,(H,24,30). The average Bonchev–Trinajstić information content (AvgIpc) is 2.69. The molecule has 2 aromatic carbocycles. The van der Waals surface area contributed by atoms with Crippen molar-refractivity contribution in [2.45, 2.75) is 20.4 Å². The molecule has 156 valence electrons. The Bertz CT molecular complexity index is 1210. The third kappa shape index (κ3) is 4.68. The van der Waals surface area contributed by atoms with Gasteiger partial charge in [0, 0.05) is 19.2 Å². The van der Waals surface area contributed by atoms with E-state index in [1.165, 1.54) is 4.57 Å². The van der Waals surface area contributed by atoms with E-state index in [0.717, 1.165) is 16.9 Å². The minimum atomic E-state index is -0.206. The minimum absolute atomic E-state index is 0.157. The topological polar surface area (TPSA) is 67.3 Å². The van der Waals surface area contributed by atoms with E-state index in [4.69, 9.17) is 17.0 Å². The highest BCUT2D eigenvalue weighted by atomic mass is 32.1. The zero-order valence-corrected chi connectivity index (χ0v) is 18.2. The van der Waals surface area contributed by atoms with Gasteiger partial charge in [0.2, 0.25) is 0 Å². The number of fused-ring (bicyclic) bond motifs is 1. The van der Waals surface area contributed by atoms with Crippen LogP contribution in [-0.2, 0) is 6.54 Å². The number of aryl methyl sites for hydroxylation is 2. The fraction of sp³-hybridized carbons (Fsp3) is 0.261. The average molecular weight is 424 g/mol. The smallest absolute Gasteiger partial charge is 0.262 e. The molecule has 0 aliphatic carbocycles. The molecule has 0 radical (unpaired) electrons. The number of aromatic amines is 1. The van der Waals surface area contributed by atoms with Crippen LogP contribution in [0.4, 0.5) is 0 Å². The second-order valence-corrected chi connectivity index (χ2v) is 7.68. The largest absolute Gasteiger partial charge is 0.492 e. The van der Waals surface area contributed by atoms with E-state index in [0.29, 0.717) is 40.9 Å². The number of hydrogen-bond donors (Lipinski definition) is 1. The summed E-state index contributed by atoms with van der Waals surface area (Å²) in [6, 6.07) is 11.0. The second kappa shape index (κ2) is 9.09. The van der Waals surface area contributed by atoms with E-state index in [1.807, 2.05) is 26.0 Å². The van der Waals surface area contributed by atoms with Crippen molar-refractivity contribution in [3.63, 3.8) is 0 Å². The van der Waals surface area contributed by atoms with Crippen LogP contribution in [0.2, 0.25) is 0 Å². The molecule has 6 nitrogen and oxygen atoms in total. The molecule has 3 rings (SSSR count). The minimum Gasteiger partial charge on any atom is -0.492 e. The number of ether oxygens (including phenoxy) is 1. The van der Waals surface area contributed by atoms with Crippen molar-refractivity contribution in [2.24, 2.45) is 0 Å². The van der Waals surface area contributed by atoms with Crippen LogP contribution in [0, 0.1) is 18.6 Å². The van der Waals surface area contributed by atoms with Crippen molar-refractivity contribution in [3.8, 4) is 5.75 Å². The molecule has 3 aromatic rings. The van der Waals surface area contributed by atoms with Crippen molar-refractivity contribution in [1.29, 1.82) is 0 Å². The van der Waals surface area contributed by atoms with Gasteiger partial charge in [0.15, 0.2) is 4.77 Å². The van der Waals surface area contributed by atoms with E-state index in [1.54, 1.807) is 36.2 Å². The highest BCUT2D eigenvalue weighted by molar-refractivity contribution is 7.71. The van der Waals surface area contributed by atoms with Crippen molar-refractivity contribution in [1.82, 2.24) is 14.5 Å². The quantitative estimate of drug-likeness (QED) is 0.461. The zero-order chi connectivity index (χ0) is 21.8. The van der Waals surface area contributed by atoms with Crippen LogP contribution < -0.4 is 10.3 Å². The fourth-order valence-corrected chi connectivity index (χ4v) is 3.59. The summed E-state index contributed by atoms with van der Waals surface area (Å²) in [5.74, 6) is 0.637. The summed E-state index contributed by atoms with van der Waals surface area (Å²) >= 11 is 5.26. The highest BCUT2D eigenvalue weighted by Gasteiger charge is 2.14. The lowest BCUT2D eigenvalue weighted by molar-refractivity contribution is 0.0774. The summed E-state index contributed by atoms with van der Waals surface area (Å²) in [5, 5.41) is 0.475. The van der Waals surface area contributed by atoms with Gasteiger partial charge in [0.25, 0.3) is 11.5 Å². The molecule has 7 heteroatoms. The molecular weight excluding hydrogens is 398 g/mol. The van der Waals surface area contributed by atoms with Crippen LogP contribution in [0.3, 0.4) is 0 Å². The van der Waals surface area contributed by atoms with Crippen LogP contribution in [0.1, 0.15) is 21.5 Å². The van der Waals surface area contributed by atoms with Crippen LogP contribution in [-0.4, -0.2) is 40.6 Å². The van der Waals surface area contributed by atoms with Crippen molar-refractivity contribution in [3.05, 3.63) is 80.9 Å². The molecule has 1 amide bonds. The van der Waals surface area contributed by atoms with Crippen LogP contribution in [0.15, 0.2) is 53.8 Å². The molecular formula is C23H25N3O3S. The third-order valence-electron chi connectivity index (χ3n) is 4.78. The van der Waals surface area contributed by atoms with Gasteiger partial charge in [0.05, 0.1) is 17.4 Å². The normalized spacial score (nSPS) is 10.8. The summed E-state index contributed by atoms with van der Waals surface area (Å²) < 4.78 is 7.53. The summed E-state index contributed by atoms with van der Waals surface area (Å²) in [6.45, 7) is 8.83. The molecule has 0 unspecified atom stereocenters. The first kappa shape index (κ1) is 21.5. The number of benzene rings is 2. The Hall–Kier alpha value is -3.19. The third-order valence-corrected chi connectivity index (χ3v) is 5.10. The van der Waals surface area contributed by atoms with Gasteiger partial charge in [-0.25, -0.2) is 0 Å².